The van der Waals surface area contributed by atoms with Gasteiger partial charge in [0.1, 0.15) is 6.17 Å². The maximum absolute atomic E-state index is 15.7. The minimum Gasteiger partial charge on any atom is -0.334 e. The summed E-state index contributed by atoms with van der Waals surface area (Å²) in [5.41, 5.74) is 11.0. The van der Waals surface area contributed by atoms with E-state index in [1.54, 1.807) is 0 Å². The molecule has 0 saturated carbocycles. The van der Waals surface area contributed by atoms with Gasteiger partial charge in [-0.1, -0.05) is 127 Å². The summed E-state index contributed by atoms with van der Waals surface area (Å²) in [6.07, 6.45) is 8.19. The van der Waals surface area contributed by atoms with Crippen molar-refractivity contribution < 1.29 is 0 Å². The van der Waals surface area contributed by atoms with Crippen LogP contribution in [0.15, 0.2) is 222 Å². The lowest BCUT2D eigenvalue weighted by Crippen LogP contribution is -2.35. The van der Waals surface area contributed by atoms with Crippen molar-refractivity contribution in [1.82, 2.24) is 13.7 Å². The average molecular weight is 796 g/mol. The van der Waals surface area contributed by atoms with Gasteiger partial charge in [0.2, 0.25) is 0 Å². The Morgan fingerprint density at radius 1 is 0.419 bits per heavy atom. The Bertz CT molecular complexity index is 3780. The van der Waals surface area contributed by atoms with Gasteiger partial charge in [0.25, 0.3) is 5.56 Å². The van der Waals surface area contributed by atoms with Crippen LogP contribution in [0.4, 0.5) is 5.69 Å². The number of aromatic nitrogens is 3. The summed E-state index contributed by atoms with van der Waals surface area (Å²) in [7, 11) is 0. The molecule has 1 aliphatic carbocycles. The second kappa shape index (κ2) is 13.4. The van der Waals surface area contributed by atoms with Crippen LogP contribution in [0.2, 0.25) is 0 Å². The predicted molar refractivity (Wildman–Crippen MR) is 257 cm³/mol. The molecule has 13 rings (SSSR count). The Morgan fingerprint density at radius 3 is 1.76 bits per heavy atom. The lowest BCUT2D eigenvalue weighted by molar-refractivity contribution is 0.695. The molecular formula is C56H37N5O. The molecule has 292 valence electrons. The molecule has 11 aromatic rings. The van der Waals surface area contributed by atoms with Gasteiger partial charge in [0.15, 0.2) is 0 Å². The molecule has 0 N–H and O–H groups in total. The van der Waals surface area contributed by atoms with Gasteiger partial charge in [0.05, 0.1) is 44.7 Å². The van der Waals surface area contributed by atoms with E-state index in [0.29, 0.717) is 5.39 Å². The number of pyridine rings is 1. The van der Waals surface area contributed by atoms with Gasteiger partial charge in [-0.3, -0.25) is 14.4 Å². The van der Waals surface area contributed by atoms with Crippen LogP contribution in [0.3, 0.4) is 0 Å². The van der Waals surface area contributed by atoms with Gasteiger partial charge in [-0.05, 0) is 90.5 Å². The van der Waals surface area contributed by atoms with E-state index in [-0.39, 0.29) is 17.8 Å². The molecule has 0 amide bonds. The maximum Gasteiger partial charge on any atom is 0.263 e. The van der Waals surface area contributed by atoms with Crippen LogP contribution in [0, 0.1) is 0 Å². The fourth-order valence-corrected chi connectivity index (χ4v) is 10.3. The van der Waals surface area contributed by atoms with E-state index in [1.807, 2.05) is 16.7 Å². The maximum atomic E-state index is 15.7. The Balaban J connectivity index is 1.16. The van der Waals surface area contributed by atoms with Gasteiger partial charge in [-0.25, -0.2) is 0 Å². The second-order valence-electron chi connectivity index (χ2n) is 16.2. The van der Waals surface area contributed by atoms with Crippen molar-refractivity contribution in [2.24, 2.45) is 4.99 Å². The number of fused-ring (bicyclic) bond motifs is 11. The lowest BCUT2D eigenvalue weighted by atomic mass is 9.99. The monoisotopic (exact) mass is 795 g/mol. The molecule has 8 aromatic carbocycles. The lowest BCUT2D eigenvalue weighted by Gasteiger charge is -2.31. The average Bonchev–Trinajstić information content (AvgIpc) is 4.00. The Hall–Kier alpha value is -8.22. The number of benzene rings is 8. The van der Waals surface area contributed by atoms with Crippen LogP contribution in [-0.4, -0.2) is 25.5 Å². The van der Waals surface area contributed by atoms with Gasteiger partial charge >= 0.3 is 0 Å². The second-order valence-corrected chi connectivity index (χ2v) is 16.2. The van der Waals surface area contributed by atoms with Crippen molar-refractivity contribution in [3.05, 3.63) is 228 Å². The highest BCUT2D eigenvalue weighted by atomic mass is 16.1. The summed E-state index contributed by atoms with van der Waals surface area (Å²) in [4.78, 5) is 23.4. The topological polar surface area (TPSA) is 47.5 Å². The number of aliphatic imine (C=N–C) groups is 1. The fourth-order valence-electron chi connectivity index (χ4n) is 10.3. The van der Waals surface area contributed by atoms with E-state index < -0.39 is 0 Å². The molecular weight excluding hydrogens is 759 g/mol. The normalized spacial score (nSPS) is 16.1. The molecule has 4 heterocycles. The third kappa shape index (κ3) is 4.98. The highest BCUT2D eigenvalue weighted by molar-refractivity contribution is 6.27. The zero-order valence-electron chi connectivity index (χ0n) is 33.5. The van der Waals surface area contributed by atoms with E-state index in [1.165, 1.54) is 0 Å². The number of rotatable bonds is 5. The first kappa shape index (κ1) is 34.6. The summed E-state index contributed by atoms with van der Waals surface area (Å²) >= 11 is 0. The highest BCUT2D eigenvalue weighted by Crippen LogP contribution is 2.43. The summed E-state index contributed by atoms with van der Waals surface area (Å²) in [5.74, 6) is 0. The summed E-state index contributed by atoms with van der Waals surface area (Å²) < 4.78 is 6.61. The molecule has 0 radical (unpaired) electrons. The van der Waals surface area contributed by atoms with Crippen molar-refractivity contribution in [2.45, 2.75) is 12.2 Å². The van der Waals surface area contributed by atoms with Crippen LogP contribution >= 0.6 is 0 Å². The number of para-hydroxylation sites is 5. The summed E-state index contributed by atoms with van der Waals surface area (Å²) in [6, 6.07) is 65.9. The number of anilines is 1. The van der Waals surface area contributed by atoms with Gasteiger partial charge in [-0.2, -0.15) is 0 Å². The Kier molecular flexibility index (Phi) is 7.48. The molecule has 2 aliphatic rings. The van der Waals surface area contributed by atoms with E-state index in [0.717, 1.165) is 93.9 Å². The van der Waals surface area contributed by atoms with Gasteiger partial charge < -0.3 is 14.0 Å². The highest BCUT2D eigenvalue weighted by Gasteiger charge is 2.36. The first-order valence-corrected chi connectivity index (χ1v) is 21.2. The molecule has 2 atom stereocenters. The minimum absolute atomic E-state index is 0.00671. The van der Waals surface area contributed by atoms with Crippen LogP contribution in [0.25, 0.3) is 82.3 Å². The predicted octanol–water partition coefficient (Wildman–Crippen LogP) is 12.8. The van der Waals surface area contributed by atoms with Crippen LogP contribution < -0.4 is 10.5 Å². The van der Waals surface area contributed by atoms with Crippen molar-refractivity contribution in [3.8, 4) is 17.1 Å². The number of hydrogen-bond acceptors (Lipinski definition) is 3. The van der Waals surface area contributed by atoms with Crippen molar-refractivity contribution in [1.29, 1.82) is 0 Å². The molecule has 0 bridgehead atoms. The third-order valence-corrected chi connectivity index (χ3v) is 12.9. The van der Waals surface area contributed by atoms with Crippen LogP contribution in [-0.2, 0) is 0 Å². The summed E-state index contributed by atoms with van der Waals surface area (Å²) in [6.45, 7) is 0. The number of hydrogen-bond donors (Lipinski definition) is 0. The molecule has 0 spiro atoms. The first-order valence-electron chi connectivity index (χ1n) is 21.2. The SMILES string of the molecule is O=c1c2ccc3c4ccccc4n(-c4ccccc4)c3c2c2cc3c4ccccc4n(-c4ccccc4)c3cc2n1-c1cccc(C2N=C3C=CC=CC3N2c2ccccc2)c1. The molecule has 62 heavy (non-hydrogen) atoms. The van der Waals surface area contributed by atoms with E-state index in [9.17, 15) is 0 Å². The molecule has 3 aromatic heterocycles. The number of nitrogens with zero attached hydrogens (tertiary/aromatic N) is 5. The molecule has 6 nitrogen and oxygen atoms in total. The Morgan fingerprint density at radius 2 is 1.02 bits per heavy atom. The molecule has 2 unspecified atom stereocenters. The minimum atomic E-state index is -0.291. The zero-order valence-corrected chi connectivity index (χ0v) is 33.5. The molecule has 1 aliphatic heterocycles. The Labute approximate surface area is 356 Å². The summed E-state index contributed by atoms with van der Waals surface area (Å²) in [5, 5.41) is 7.14. The first-order chi connectivity index (χ1) is 30.7. The largest absolute Gasteiger partial charge is 0.334 e. The van der Waals surface area contributed by atoms with Crippen LogP contribution in [0.1, 0.15) is 11.7 Å². The van der Waals surface area contributed by atoms with Gasteiger partial charge in [0, 0.05) is 55.1 Å². The fraction of sp³-hybridized carbons (Fsp3) is 0.0357. The van der Waals surface area contributed by atoms with E-state index in [2.05, 4.69) is 214 Å². The molecule has 6 heteroatoms. The molecule has 0 fully saturated rings. The van der Waals surface area contributed by atoms with Crippen molar-refractivity contribution >= 4 is 76.7 Å². The standard InChI is InChI=1S/C56H37N5O/c62-56-44-32-31-43-41-25-10-14-29-49(41)59(38-20-6-2-7-21-38)54(43)53(44)46-34-45-42-26-11-13-28-48(42)58(37-18-4-1-5-19-37)51(45)35-52(46)61(56)40-24-16-17-36(33-40)55-57-47-27-12-15-30-50(47)60(55)39-22-8-3-9-23-39/h1-35,50,55H. The van der Waals surface area contributed by atoms with Gasteiger partial charge in [-0.15, -0.1) is 0 Å². The zero-order chi connectivity index (χ0) is 40.9. The van der Waals surface area contributed by atoms with Crippen molar-refractivity contribution in [2.75, 3.05) is 4.90 Å². The smallest absolute Gasteiger partial charge is 0.263 e. The number of allylic oxidation sites excluding steroid dienone is 2. The van der Waals surface area contributed by atoms with Crippen LogP contribution in [0.5, 0.6) is 0 Å². The van der Waals surface area contributed by atoms with E-state index in [4.69, 9.17) is 4.99 Å². The quantitative estimate of drug-likeness (QED) is 0.163. The van der Waals surface area contributed by atoms with E-state index >= 15 is 4.79 Å². The molecule has 0 saturated heterocycles. The third-order valence-electron chi connectivity index (χ3n) is 12.9. The van der Waals surface area contributed by atoms with Crippen molar-refractivity contribution in [3.63, 3.8) is 0 Å².